The van der Waals surface area contributed by atoms with Gasteiger partial charge in [-0.3, -0.25) is 0 Å². The second kappa shape index (κ2) is 4.94. The molecule has 0 radical (unpaired) electrons. The summed E-state index contributed by atoms with van der Waals surface area (Å²) in [6.45, 7) is 6.35. The van der Waals surface area contributed by atoms with Gasteiger partial charge < -0.3 is 5.32 Å². The van der Waals surface area contributed by atoms with Crippen molar-refractivity contribution < 1.29 is 0 Å². The zero-order valence-electron chi connectivity index (χ0n) is 9.52. The first kappa shape index (κ1) is 11.0. The van der Waals surface area contributed by atoms with E-state index >= 15 is 0 Å². The number of hydrogen-bond donors (Lipinski definition) is 1. The van der Waals surface area contributed by atoms with Gasteiger partial charge in [0, 0.05) is 24.7 Å². The Hall–Kier alpha value is -1.12. The fourth-order valence-corrected chi connectivity index (χ4v) is 1.54. The van der Waals surface area contributed by atoms with E-state index < -0.39 is 0 Å². The molecule has 0 aliphatic heterocycles. The number of hydrogen-bond acceptors (Lipinski definition) is 3. The van der Waals surface area contributed by atoms with Gasteiger partial charge in [-0.05, 0) is 19.8 Å². The molecule has 0 saturated heterocycles. The maximum absolute atomic E-state index is 4.54. The van der Waals surface area contributed by atoms with E-state index in [4.69, 9.17) is 0 Å². The Balaban J connectivity index is 3.11. The SMILES string of the molecule is CCCc1nc(CC)c(C)c(NC)n1. The lowest BCUT2D eigenvalue weighted by atomic mass is 10.2. The van der Waals surface area contributed by atoms with Crippen LogP contribution in [0.2, 0.25) is 0 Å². The number of nitrogens with zero attached hydrogens (tertiary/aromatic N) is 2. The predicted octanol–water partition coefficient (Wildman–Crippen LogP) is 2.34. The van der Waals surface area contributed by atoms with Crippen molar-refractivity contribution in [3.63, 3.8) is 0 Å². The largest absolute Gasteiger partial charge is 0.373 e. The Bertz CT molecular complexity index is 282. The molecule has 1 N–H and O–H groups in total. The van der Waals surface area contributed by atoms with Crippen molar-refractivity contribution in [3.05, 3.63) is 17.1 Å². The summed E-state index contributed by atoms with van der Waals surface area (Å²) < 4.78 is 0. The van der Waals surface area contributed by atoms with E-state index in [-0.39, 0.29) is 0 Å². The highest BCUT2D eigenvalue weighted by Crippen LogP contribution is 2.15. The first-order valence-electron chi connectivity index (χ1n) is 5.27. The fraction of sp³-hybridized carbons (Fsp3) is 0.636. The second-order valence-electron chi connectivity index (χ2n) is 3.41. The van der Waals surface area contributed by atoms with Crippen LogP contribution in [0.3, 0.4) is 0 Å². The van der Waals surface area contributed by atoms with Crippen molar-refractivity contribution in [1.82, 2.24) is 9.97 Å². The van der Waals surface area contributed by atoms with Crippen molar-refractivity contribution in [2.45, 2.75) is 40.0 Å². The Labute approximate surface area is 86.0 Å². The summed E-state index contributed by atoms with van der Waals surface area (Å²) in [5, 5.41) is 3.12. The number of aryl methyl sites for hydroxylation is 2. The summed E-state index contributed by atoms with van der Waals surface area (Å²) in [7, 11) is 1.91. The molecule has 0 unspecified atom stereocenters. The van der Waals surface area contributed by atoms with Crippen molar-refractivity contribution in [3.8, 4) is 0 Å². The van der Waals surface area contributed by atoms with Crippen molar-refractivity contribution in [2.75, 3.05) is 12.4 Å². The molecule has 0 spiro atoms. The van der Waals surface area contributed by atoms with Crippen LogP contribution in [-0.2, 0) is 12.8 Å². The van der Waals surface area contributed by atoms with Gasteiger partial charge in [0.05, 0.1) is 0 Å². The molecule has 1 rings (SSSR count). The zero-order valence-corrected chi connectivity index (χ0v) is 9.52. The number of rotatable bonds is 4. The van der Waals surface area contributed by atoms with Crippen LogP contribution in [0.4, 0.5) is 5.82 Å². The number of anilines is 1. The van der Waals surface area contributed by atoms with Gasteiger partial charge in [-0.15, -0.1) is 0 Å². The molecule has 0 bridgehead atoms. The van der Waals surface area contributed by atoms with Crippen molar-refractivity contribution in [2.24, 2.45) is 0 Å². The standard InChI is InChI=1S/C11H19N3/c1-5-7-10-13-9(6-2)8(3)11(12-4)14-10/h5-7H2,1-4H3,(H,12,13,14). The molecule has 0 saturated carbocycles. The monoisotopic (exact) mass is 193 g/mol. The molecule has 1 aromatic heterocycles. The molecule has 1 heterocycles. The summed E-state index contributed by atoms with van der Waals surface area (Å²) in [5.41, 5.74) is 2.34. The minimum absolute atomic E-state index is 0.958. The molecule has 0 aromatic carbocycles. The Morgan fingerprint density at radius 3 is 2.43 bits per heavy atom. The summed E-state index contributed by atoms with van der Waals surface area (Å²) >= 11 is 0. The van der Waals surface area contributed by atoms with E-state index in [2.05, 4.69) is 36.1 Å². The smallest absolute Gasteiger partial charge is 0.132 e. The molecule has 14 heavy (non-hydrogen) atoms. The summed E-state index contributed by atoms with van der Waals surface area (Å²) in [5.74, 6) is 1.93. The predicted molar refractivity (Wildman–Crippen MR) is 59.7 cm³/mol. The quantitative estimate of drug-likeness (QED) is 0.797. The first-order valence-corrected chi connectivity index (χ1v) is 5.27. The summed E-state index contributed by atoms with van der Waals surface area (Å²) in [6.07, 6.45) is 3.02. The molecule has 0 atom stereocenters. The topological polar surface area (TPSA) is 37.8 Å². The van der Waals surface area contributed by atoms with Crippen LogP contribution in [0, 0.1) is 6.92 Å². The minimum Gasteiger partial charge on any atom is -0.373 e. The number of nitrogens with one attached hydrogen (secondary N) is 1. The Kier molecular flexibility index (Phi) is 3.86. The number of aromatic nitrogens is 2. The highest BCUT2D eigenvalue weighted by atomic mass is 15.0. The third kappa shape index (κ3) is 2.22. The van der Waals surface area contributed by atoms with Crippen LogP contribution in [-0.4, -0.2) is 17.0 Å². The van der Waals surface area contributed by atoms with Crippen molar-refractivity contribution >= 4 is 5.82 Å². The van der Waals surface area contributed by atoms with Crippen molar-refractivity contribution in [1.29, 1.82) is 0 Å². The zero-order chi connectivity index (χ0) is 10.6. The van der Waals surface area contributed by atoms with E-state index in [1.165, 1.54) is 5.56 Å². The van der Waals surface area contributed by atoms with Gasteiger partial charge in [-0.25, -0.2) is 9.97 Å². The average Bonchev–Trinajstić information content (AvgIpc) is 2.20. The van der Waals surface area contributed by atoms with E-state index in [1.54, 1.807) is 0 Å². The molecule has 3 nitrogen and oxygen atoms in total. The molecular weight excluding hydrogens is 174 g/mol. The van der Waals surface area contributed by atoms with Gasteiger partial charge in [0.15, 0.2) is 0 Å². The highest BCUT2D eigenvalue weighted by Gasteiger charge is 2.07. The lowest BCUT2D eigenvalue weighted by Gasteiger charge is -2.10. The second-order valence-corrected chi connectivity index (χ2v) is 3.41. The molecule has 0 amide bonds. The van der Waals surface area contributed by atoms with E-state index in [1.807, 2.05) is 7.05 Å². The highest BCUT2D eigenvalue weighted by molar-refractivity contribution is 5.45. The molecule has 1 aromatic rings. The van der Waals surface area contributed by atoms with Crippen LogP contribution in [0.15, 0.2) is 0 Å². The fourth-order valence-electron chi connectivity index (χ4n) is 1.54. The first-order chi connectivity index (χ1) is 6.72. The Morgan fingerprint density at radius 2 is 1.93 bits per heavy atom. The normalized spacial score (nSPS) is 10.3. The third-order valence-electron chi connectivity index (χ3n) is 2.34. The molecule has 0 fully saturated rings. The molecule has 3 heteroatoms. The molecule has 78 valence electrons. The molecule has 0 aliphatic carbocycles. The van der Waals surface area contributed by atoms with Crippen LogP contribution in [0.5, 0.6) is 0 Å². The minimum atomic E-state index is 0.958. The van der Waals surface area contributed by atoms with Gasteiger partial charge in [0.1, 0.15) is 11.6 Å². The van der Waals surface area contributed by atoms with Crippen LogP contribution < -0.4 is 5.32 Å². The van der Waals surface area contributed by atoms with Crippen LogP contribution in [0.1, 0.15) is 37.4 Å². The molecular formula is C11H19N3. The summed E-state index contributed by atoms with van der Waals surface area (Å²) in [6, 6.07) is 0. The maximum Gasteiger partial charge on any atom is 0.132 e. The van der Waals surface area contributed by atoms with Gasteiger partial charge >= 0.3 is 0 Å². The van der Waals surface area contributed by atoms with Gasteiger partial charge in [-0.2, -0.15) is 0 Å². The van der Waals surface area contributed by atoms with Crippen LogP contribution in [0.25, 0.3) is 0 Å². The van der Waals surface area contributed by atoms with E-state index in [0.717, 1.165) is 36.6 Å². The lowest BCUT2D eigenvalue weighted by molar-refractivity contribution is 0.809. The Morgan fingerprint density at radius 1 is 1.21 bits per heavy atom. The van der Waals surface area contributed by atoms with E-state index in [0.29, 0.717) is 0 Å². The lowest BCUT2D eigenvalue weighted by Crippen LogP contribution is -2.06. The average molecular weight is 193 g/mol. The van der Waals surface area contributed by atoms with Gasteiger partial charge in [0.25, 0.3) is 0 Å². The summed E-state index contributed by atoms with van der Waals surface area (Å²) in [4.78, 5) is 9.00. The van der Waals surface area contributed by atoms with Gasteiger partial charge in [0.2, 0.25) is 0 Å². The molecule has 0 aliphatic rings. The maximum atomic E-state index is 4.54. The third-order valence-corrected chi connectivity index (χ3v) is 2.34. The van der Waals surface area contributed by atoms with Crippen LogP contribution >= 0.6 is 0 Å². The van der Waals surface area contributed by atoms with Gasteiger partial charge in [-0.1, -0.05) is 13.8 Å². The van der Waals surface area contributed by atoms with E-state index in [9.17, 15) is 0 Å².